The Morgan fingerprint density at radius 1 is 1.25 bits per heavy atom. The molecule has 2 amide bonds. The van der Waals surface area contributed by atoms with Crippen LogP contribution in [0, 0.1) is 24.0 Å². The summed E-state index contributed by atoms with van der Waals surface area (Å²) in [5.74, 6) is -1.66. The summed E-state index contributed by atoms with van der Waals surface area (Å²) in [6.45, 7) is 0.978. The molecule has 0 unspecified atom stereocenters. The number of alkyl halides is 3. The van der Waals surface area contributed by atoms with Crippen LogP contribution in [-0.2, 0) is 11.3 Å². The molecule has 0 fully saturated rings. The molecule has 0 aliphatic rings. The van der Waals surface area contributed by atoms with Gasteiger partial charge in [0.1, 0.15) is 24.5 Å². The minimum absolute atomic E-state index is 0.00297. The van der Waals surface area contributed by atoms with Crippen LogP contribution in [0.2, 0.25) is 0 Å². The van der Waals surface area contributed by atoms with Gasteiger partial charge < -0.3 is 10.6 Å². The smallest absolute Gasteiger partial charge is 0.343 e. The number of anilines is 1. The molecule has 1 heterocycles. The molecule has 0 spiro atoms. The normalized spacial score (nSPS) is 11.2. The summed E-state index contributed by atoms with van der Waals surface area (Å²) >= 11 is 0. The highest BCUT2D eigenvalue weighted by Crippen LogP contribution is 2.22. The van der Waals surface area contributed by atoms with Crippen molar-refractivity contribution in [3.05, 3.63) is 51.3 Å². The van der Waals surface area contributed by atoms with Crippen molar-refractivity contribution in [3.8, 4) is 0 Å². The van der Waals surface area contributed by atoms with Crippen LogP contribution in [0.4, 0.5) is 24.5 Å². The van der Waals surface area contributed by atoms with Crippen LogP contribution in [0.25, 0.3) is 0 Å². The van der Waals surface area contributed by atoms with Crippen LogP contribution in [0.3, 0.4) is 0 Å². The molecule has 0 saturated heterocycles. The average Bonchev–Trinajstić information content (AvgIpc) is 2.86. The summed E-state index contributed by atoms with van der Waals surface area (Å²) in [5.41, 5.74) is -0.0431. The third kappa shape index (κ3) is 5.05. The third-order valence-corrected chi connectivity index (χ3v) is 3.71. The van der Waals surface area contributed by atoms with Crippen molar-refractivity contribution in [3.63, 3.8) is 0 Å². The van der Waals surface area contributed by atoms with Crippen molar-refractivity contribution < 1.29 is 27.7 Å². The fraction of sp³-hybridized carbons (Fsp3) is 0.312. The zero-order valence-electron chi connectivity index (χ0n) is 14.8. The number of aromatic nitrogens is 2. The highest BCUT2D eigenvalue weighted by molar-refractivity contribution is 6.03. The molecule has 2 rings (SSSR count). The fourth-order valence-corrected chi connectivity index (χ4v) is 2.50. The number of nitro groups is 1. The summed E-state index contributed by atoms with van der Waals surface area (Å²) in [6, 6.07) is 5.53. The highest BCUT2D eigenvalue weighted by atomic mass is 19.4. The van der Waals surface area contributed by atoms with Crippen molar-refractivity contribution in [2.45, 2.75) is 26.6 Å². The summed E-state index contributed by atoms with van der Waals surface area (Å²) in [5, 5.41) is 19.1. The first-order valence-corrected chi connectivity index (χ1v) is 7.92. The third-order valence-electron chi connectivity index (χ3n) is 3.71. The van der Waals surface area contributed by atoms with Crippen LogP contribution < -0.4 is 10.6 Å². The second-order valence-corrected chi connectivity index (χ2v) is 5.83. The second-order valence-electron chi connectivity index (χ2n) is 5.83. The van der Waals surface area contributed by atoms with Gasteiger partial charge in [-0.3, -0.25) is 24.4 Å². The number of nitrogens with one attached hydrogen (secondary N) is 2. The Morgan fingerprint density at radius 2 is 1.89 bits per heavy atom. The minimum atomic E-state index is -4.57. The standard InChI is InChI=1S/C16H16F3N5O4/c1-9-14(24(27)28)10(2)23(22-9)7-13(25)21-12-6-4-3-5-11(12)15(26)20-8-16(17,18)19/h3-6H,7-8H2,1-2H3,(H,20,26)(H,21,25). The predicted octanol–water partition coefficient (Wildman–Crippen LogP) is 2.34. The Balaban J connectivity index is 2.14. The number of benzene rings is 1. The van der Waals surface area contributed by atoms with Gasteiger partial charge in [0.05, 0.1) is 16.2 Å². The summed E-state index contributed by atoms with van der Waals surface area (Å²) in [7, 11) is 0. The number of carbonyl (C=O) groups is 2. The zero-order chi connectivity index (χ0) is 21.1. The number of amides is 2. The number of carbonyl (C=O) groups excluding carboxylic acids is 2. The van der Waals surface area contributed by atoms with E-state index in [0.717, 1.165) is 4.68 Å². The lowest BCUT2D eigenvalue weighted by atomic mass is 10.1. The largest absolute Gasteiger partial charge is 0.405 e. The van der Waals surface area contributed by atoms with E-state index in [1.807, 2.05) is 0 Å². The van der Waals surface area contributed by atoms with E-state index in [9.17, 15) is 32.9 Å². The maximum atomic E-state index is 12.3. The van der Waals surface area contributed by atoms with Crippen molar-refractivity contribution >= 4 is 23.2 Å². The Bertz CT molecular complexity index is 923. The quantitative estimate of drug-likeness (QED) is 0.571. The van der Waals surface area contributed by atoms with Crippen molar-refractivity contribution in [2.24, 2.45) is 0 Å². The first-order chi connectivity index (χ1) is 13.0. The summed E-state index contributed by atoms with van der Waals surface area (Å²) < 4.78 is 37.9. The molecule has 9 nitrogen and oxygen atoms in total. The summed E-state index contributed by atoms with van der Waals surface area (Å²) in [6.07, 6.45) is -4.57. The molecular weight excluding hydrogens is 383 g/mol. The minimum Gasteiger partial charge on any atom is -0.343 e. The van der Waals surface area contributed by atoms with E-state index in [1.165, 1.54) is 38.1 Å². The maximum Gasteiger partial charge on any atom is 0.405 e. The van der Waals surface area contributed by atoms with E-state index in [-0.39, 0.29) is 34.9 Å². The number of rotatable bonds is 6. The molecule has 0 saturated carbocycles. The first-order valence-electron chi connectivity index (χ1n) is 7.92. The van der Waals surface area contributed by atoms with Gasteiger partial charge in [0, 0.05) is 0 Å². The van der Waals surface area contributed by atoms with Gasteiger partial charge in [-0.25, -0.2) is 0 Å². The number of hydrogen-bond acceptors (Lipinski definition) is 5. The molecule has 0 atom stereocenters. The van der Waals surface area contributed by atoms with Gasteiger partial charge in [0.25, 0.3) is 5.91 Å². The van der Waals surface area contributed by atoms with Crippen LogP contribution in [0.15, 0.2) is 24.3 Å². The van der Waals surface area contributed by atoms with Crippen molar-refractivity contribution in [2.75, 3.05) is 11.9 Å². The Labute approximate surface area is 156 Å². The van der Waals surface area contributed by atoms with Gasteiger partial charge in [-0.05, 0) is 26.0 Å². The fourth-order valence-electron chi connectivity index (χ4n) is 2.50. The highest BCUT2D eigenvalue weighted by Gasteiger charge is 2.28. The first kappa shape index (κ1) is 20.9. The van der Waals surface area contributed by atoms with E-state index in [2.05, 4.69) is 10.4 Å². The van der Waals surface area contributed by atoms with E-state index in [1.54, 1.807) is 5.32 Å². The van der Waals surface area contributed by atoms with Gasteiger partial charge in [-0.2, -0.15) is 18.3 Å². The molecule has 0 aliphatic heterocycles. The zero-order valence-corrected chi connectivity index (χ0v) is 14.8. The monoisotopic (exact) mass is 399 g/mol. The van der Waals surface area contributed by atoms with Gasteiger partial charge in [-0.1, -0.05) is 12.1 Å². The molecular formula is C16H16F3N5O4. The molecule has 150 valence electrons. The van der Waals surface area contributed by atoms with Gasteiger partial charge in [0.2, 0.25) is 5.91 Å². The lowest BCUT2D eigenvalue weighted by Crippen LogP contribution is -2.34. The van der Waals surface area contributed by atoms with E-state index < -0.39 is 29.5 Å². The van der Waals surface area contributed by atoms with Crippen LogP contribution in [0.1, 0.15) is 21.7 Å². The number of nitrogens with zero attached hydrogens (tertiary/aromatic N) is 3. The SMILES string of the molecule is Cc1nn(CC(=O)Nc2ccccc2C(=O)NCC(F)(F)F)c(C)c1[N+](=O)[O-]. The predicted molar refractivity (Wildman–Crippen MR) is 91.8 cm³/mol. The molecule has 2 aromatic rings. The van der Waals surface area contributed by atoms with Gasteiger partial charge >= 0.3 is 11.9 Å². The molecule has 0 radical (unpaired) electrons. The van der Waals surface area contributed by atoms with Crippen LogP contribution >= 0.6 is 0 Å². The number of aryl methyl sites for hydroxylation is 1. The van der Waals surface area contributed by atoms with Crippen molar-refractivity contribution in [1.29, 1.82) is 0 Å². The lowest BCUT2D eigenvalue weighted by Gasteiger charge is -2.13. The topological polar surface area (TPSA) is 119 Å². The molecule has 0 aliphatic carbocycles. The van der Waals surface area contributed by atoms with Gasteiger partial charge in [0.15, 0.2) is 0 Å². The van der Waals surface area contributed by atoms with E-state index in [4.69, 9.17) is 0 Å². The summed E-state index contributed by atoms with van der Waals surface area (Å²) in [4.78, 5) is 34.6. The molecule has 12 heteroatoms. The molecule has 1 aromatic carbocycles. The molecule has 1 aromatic heterocycles. The second kappa shape index (κ2) is 8.06. The van der Waals surface area contributed by atoms with Crippen molar-refractivity contribution in [1.82, 2.24) is 15.1 Å². The molecule has 0 bridgehead atoms. The van der Waals surface area contributed by atoms with E-state index >= 15 is 0 Å². The Hall–Kier alpha value is -3.44. The maximum absolute atomic E-state index is 12.3. The van der Waals surface area contributed by atoms with Crippen LogP contribution in [-0.4, -0.2) is 39.2 Å². The average molecular weight is 399 g/mol. The number of hydrogen-bond donors (Lipinski definition) is 2. The van der Waals surface area contributed by atoms with E-state index in [0.29, 0.717) is 0 Å². The number of para-hydroxylation sites is 1. The van der Waals surface area contributed by atoms with Gasteiger partial charge in [-0.15, -0.1) is 0 Å². The molecule has 28 heavy (non-hydrogen) atoms. The Kier molecular flexibility index (Phi) is 6.01. The Morgan fingerprint density at radius 3 is 2.46 bits per heavy atom. The van der Waals surface area contributed by atoms with Crippen LogP contribution in [0.5, 0.6) is 0 Å². The number of halogens is 3. The lowest BCUT2D eigenvalue weighted by molar-refractivity contribution is -0.386. The molecule has 2 N–H and O–H groups in total.